The molecule has 1 atom stereocenters. The maximum absolute atomic E-state index is 12.2. The maximum atomic E-state index is 12.2. The fourth-order valence-corrected chi connectivity index (χ4v) is 2.35. The van der Waals surface area contributed by atoms with Crippen molar-refractivity contribution in [1.29, 1.82) is 0 Å². The van der Waals surface area contributed by atoms with E-state index in [1.165, 1.54) is 6.42 Å². The van der Waals surface area contributed by atoms with Crippen LogP contribution in [0.3, 0.4) is 0 Å². The highest BCUT2D eigenvalue weighted by Gasteiger charge is 2.22. The minimum absolute atomic E-state index is 0.215. The molecule has 1 aromatic heterocycles. The molecule has 1 amide bonds. The zero-order chi connectivity index (χ0) is 14.4. The molecule has 106 valence electrons. The van der Waals surface area contributed by atoms with Crippen molar-refractivity contribution >= 4 is 5.91 Å². The smallest absolute Gasteiger partial charge is 0.271 e. The highest BCUT2D eigenvalue weighted by Crippen LogP contribution is 2.13. The molecule has 2 rings (SSSR count). The Bertz CT molecular complexity index is 533. The van der Waals surface area contributed by atoms with Gasteiger partial charge in [0.15, 0.2) is 0 Å². The van der Waals surface area contributed by atoms with Gasteiger partial charge in [0, 0.05) is 18.8 Å². The standard InChI is InChI=1S/C15H19N3O2/c1-18-9-3-7-13(18)11-17-15(20)14-12(6-4-10-19)5-2-8-16-14/h2,5,8,13,19H,3,7,9-11H2,1H3,(H,17,20). The van der Waals surface area contributed by atoms with Crippen LogP contribution in [0.5, 0.6) is 0 Å². The van der Waals surface area contributed by atoms with E-state index in [-0.39, 0.29) is 12.5 Å². The topological polar surface area (TPSA) is 65.5 Å². The fourth-order valence-electron chi connectivity index (χ4n) is 2.35. The number of rotatable bonds is 3. The number of nitrogens with zero attached hydrogens (tertiary/aromatic N) is 2. The molecule has 1 aromatic rings. The number of carbonyl (C=O) groups excluding carboxylic acids is 1. The van der Waals surface area contributed by atoms with Gasteiger partial charge in [-0.15, -0.1) is 0 Å². The lowest BCUT2D eigenvalue weighted by molar-refractivity contribution is 0.0938. The second-order valence-corrected chi connectivity index (χ2v) is 4.85. The predicted octanol–water partition coefficient (Wildman–Crippen LogP) is 0.249. The molecule has 2 N–H and O–H groups in total. The third-order valence-corrected chi connectivity index (χ3v) is 3.49. The third-order valence-electron chi connectivity index (χ3n) is 3.49. The fraction of sp³-hybridized carbons (Fsp3) is 0.467. The first-order valence-corrected chi connectivity index (χ1v) is 6.75. The van der Waals surface area contributed by atoms with E-state index >= 15 is 0 Å². The summed E-state index contributed by atoms with van der Waals surface area (Å²) in [5, 5.41) is 11.6. The Labute approximate surface area is 119 Å². The van der Waals surface area contributed by atoms with Gasteiger partial charge in [0.2, 0.25) is 0 Å². The van der Waals surface area contributed by atoms with Gasteiger partial charge < -0.3 is 15.3 Å². The van der Waals surface area contributed by atoms with Crippen LogP contribution in [0.25, 0.3) is 0 Å². The molecule has 1 saturated heterocycles. The van der Waals surface area contributed by atoms with Crippen molar-refractivity contribution in [3.63, 3.8) is 0 Å². The van der Waals surface area contributed by atoms with Crippen LogP contribution in [0.1, 0.15) is 28.9 Å². The summed E-state index contributed by atoms with van der Waals surface area (Å²) in [7, 11) is 2.07. The van der Waals surface area contributed by atoms with Gasteiger partial charge in [0.05, 0.1) is 5.56 Å². The predicted molar refractivity (Wildman–Crippen MR) is 76.2 cm³/mol. The van der Waals surface area contributed by atoms with E-state index in [0.29, 0.717) is 23.8 Å². The molecule has 1 aliphatic heterocycles. The molecule has 0 radical (unpaired) electrons. The number of aliphatic hydroxyl groups is 1. The van der Waals surface area contributed by atoms with E-state index in [1.807, 2.05) is 0 Å². The van der Waals surface area contributed by atoms with Crippen molar-refractivity contribution in [3.05, 3.63) is 29.6 Å². The highest BCUT2D eigenvalue weighted by molar-refractivity contribution is 5.94. The lowest BCUT2D eigenvalue weighted by atomic mass is 10.1. The van der Waals surface area contributed by atoms with E-state index in [9.17, 15) is 4.79 Å². The molecular formula is C15H19N3O2. The average Bonchev–Trinajstić information content (AvgIpc) is 2.88. The average molecular weight is 273 g/mol. The number of nitrogens with one attached hydrogen (secondary N) is 1. The van der Waals surface area contributed by atoms with Crippen molar-refractivity contribution in [3.8, 4) is 11.8 Å². The van der Waals surface area contributed by atoms with E-state index in [1.54, 1.807) is 18.3 Å². The number of aliphatic hydroxyl groups excluding tert-OH is 1. The lowest BCUT2D eigenvalue weighted by Crippen LogP contribution is -2.38. The van der Waals surface area contributed by atoms with Crippen LogP contribution in [0.2, 0.25) is 0 Å². The van der Waals surface area contributed by atoms with Crippen LogP contribution in [0.4, 0.5) is 0 Å². The van der Waals surface area contributed by atoms with E-state index in [4.69, 9.17) is 5.11 Å². The third kappa shape index (κ3) is 3.56. The summed E-state index contributed by atoms with van der Waals surface area (Å²) in [4.78, 5) is 18.5. The quantitative estimate of drug-likeness (QED) is 0.775. The highest BCUT2D eigenvalue weighted by atomic mass is 16.2. The van der Waals surface area contributed by atoms with Gasteiger partial charge in [0.25, 0.3) is 5.91 Å². The van der Waals surface area contributed by atoms with Crippen LogP contribution >= 0.6 is 0 Å². The molecule has 20 heavy (non-hydrogen) atoms. The number of likely N-dealkylation sites (N-methyl/N-ethyl adjacent to an activating group) is 1. The molecule has 5 heteroatoms. The first-order chi connectivity index (χ1) is 9.72. The molecular weight excluding hydrogens is 254 g/mol. The van der Waals surface area contributed by atoms with Gasteiger partial charge in [-0.3, -0.25) is 4.79 Å². The Morgan fingerprint density at radius 3 is 3.20 bits per heavy atom. The van der Waals surface area contributed by atoms with Crippen LogP contribution in [-0.2, 0) is 0 Å². The summed E-state index contributed by atoms with van der Waals surface area (Å²) in [6.45, 7) is 1.47. The van der Waals surface area contributed by atoms with Crippen molar-refractivity contribution in [1.82, 2.24) is 15.2 Å². The molecule has 0 spiro atoms. The normalized spacial score (nSPS) is 18.4. The minimum Gasteiger partial charge on any atom is -0.384 e. The number of likely N-dealkylation sites (tertiary alicyclic amines) is 1. The zero-order valence-corrected chi connectivity index (χ0v) is 11.6. The SMILES string of the molecule is CN1CCCC1CNC(=O)c1ncccc1C#CCO. The van der Waals surface area contributed by atoms with Gasteiger partial charge in [-0.25, -0.2) is 4.98 Å². The van der Waals surface area contributed by atoms with Crippen molar-refractivity contribution in [2.24, 2.45) is 0 Å². The number of pyridine rings is 1. The Kier molecular flexibility index (Phi) is 5.10. The van der Waals surface area contributed by atoms with Crippen molar-refractivity contribution in [2.45, 2.75) is 18.9 Å². The maximum Gasteiger partial charge on any atom is 0.271 e. The Hall–Kier alpha value is -1.90. The second kappa shape index (κ2) is 7.04. The first kappa shape index (κ1) is 14.5. The Balaban J connectivity index is 2.02. The number of aromatic nitrogens is 1. The monoisotopic (exact) mass is 273 g/mol. The van der Waals surface area contributed by atoms with Crippen LogP contribution in [0.15, 0.2) is 18.3 Å². The first-order valence-electron chi connectivity index (χ1n) is 6.75. The molecule has 1 unspecified atom stereocenters. The van der Waals surface area contributed by atoms with E-state index < -0.39 is 0 Å². The lowest BCUT2D eigenvalue weighted by Gasteiger charge is -2.19. The zero-order valence-electron chi connectivity index (χ0n) is 11.6. The number of hydrogen-bond acceptors (Lipinski definition) is 4. The molecule has 0 aromatic carbocycles. The van der Waals surface area contributed by atoms with Gasteiger partial charge in [-0.2, -0.15) is 0 Å². The summed E-state index contributed by atoms with van der Waals surface area (Å²) >= 11 is 0. The Morgan fingerprint density at radius 2 is 2.50 bits per heavy atom. The van der Waals surface area contributed by atoms with Gasteiger partial charge >= 0.3 is 0 Å². The van der Waals surface area contributed by atoms with Gasteiger partial charge in [-0.05, 0) is 38.6 Å². The molecule has 2 heterocycles. The molecule has 0 saturated carbocycles. The second-order valence-electron chi connectivity index (χ2n) is 4.85. The summed E-state index contributed by atoms with van der Waals surface area (Å²) in [5.41, 5.74) is 0.855. The van der Waals surface area contributed by atoms with Crippen LogP contribution in [-0.4, -0.2) is 53.7 Å². The van der Waals surface area contributed by atoms with Crippen LogP contribution < -0.4 is 5.32 Å². The van der Waals surface area contributed by atoms with Gasteiger partial charge in [0.1, 0.15) is 12.3 Å². The summed E-state index contributed by atoms with van der Waals surface area (Å²) in [6.07, 6.45) is 3.85. The summed E-state index contributed by atoms with van der Waals surface area (Å²) < 4.78 is 0. The largest absolute Gasteiger partial charge is 0.384 e. The van der Waals surface area contributed by atoms with Crippen molar-refractivity contribution < 1.29 is 9.90 Å². The summed E-state index contributed by atoms with van der Waals surface area (Å²) in [5.74, 6) is 5.07. The van der Waals surface area contributed by atoms with Crippen LogP contribution in [0, 0.1) is 11.8 Å². The molecule has 0 bridgehead atoms. The minimum atomic E-state index is -0.233. The number of hydrogen-bond donors (Lipinski definition) is 2. The molecule has 1 fully saturated rings. The van der Waals surface area contributed by atoms with E-state index in [2.05, 4.69) is 34.1 Å². The Morgan fingerprint density at radius 1 is 1.65 bits per heavy atom. The van der Waals surface area contributed by atoms with Crippen molar-refractivity contribution in [2.75, 3.05) is 26.7 Å². The van der Waals surface area contributed by atoms with Gasteiger partial charge in [-0.1, -0.05) is 11.8 Å². The number of amides is 1. The van der Waals surface area contributed by atoms with E-state index in [0.717, 1.165) is 13.0 Å². The summed E-state index contributed by atoms with van der Waals surface area (Å²) in [6, 6.07) is 3.85. The molecule has 1 aliphatic rings. The molecule has 0 aliphatic carbocycles. The molecule has 5 nitrogen and oxygen atoms in total. The number of carbonyl (C=O) groups is 1.